The molecule has 0 aliphatic carbocycles. The number of aromatic hydroxyl groups is 1. The molecule has 0 bridgehead atoms. The van der Waals surface area contributed by atoms with Gasteiger partial charge >= 0.3 is 11.9 Å². The third-order valence-corrected chi connectivity index (χ3v) is 3.77. The monoisotopic (exact) mass is 350 g/mol. The van der Waals surface area contributed by atoms with Crippen LogP contribution in [0.5, 0.6) is 5.75 Å². The molecule has 1 aromatic carbocycles. The van der Waals surface area contributed by atoms with Gasteiger partial charge in [-0.25, -0.2) is 9.59 Å². The quantitative estimate of drug-likeness (QED) is 0.494. The maximum atomic E-state index is 12.1. The predicted molar refractivity (Wildman–Crippen MR) is 96.8 cm³/mol. The minimum atomic E-state index is -0.629. The highest BCUT2D eigenvalue weighted by Gasteiger charge is 2.17. The van der Waals surface area contributed by atoms with Gasteiger partial charge in [-0.2, -0.15) is 0 Å². The Morgan fingerprint density at radius 1 is 0.920 bits per heavy atom. The fourth-order valence-corrected chi connectivity index (χ4v) is 2.30. The number of esters is 2. The molecule has 0 fully saturated rings. The number of phenols is 1. The molecule has 5 nitrogen and oxygen atoms in total. The summed E-state index contributed by atoms with van der Waals surface area (Å²) < 4.78 is 10.4. The van der Waals surface area contributed by atoms with Gasteiger partial charge in [0.25, 0.3) is 0 Å². The molecule has 25 heavy (non-hydrogen) atoms. The van der Waals surface area contributed by atoms with Crippen molar-refractivity contribution >= 4 is 11.9 Å². The van der Waals surface area contributed by atoms with Gasteiger partial charge in [-0.15, -0.1) is 0 Å². The number of benzene rings is 1. The first-order valence-corrected chi connectivity index (χ1v) is 8.98. The summed E-state index contributed by atoms with van der Waals surface area (Å²) in [6.45, 7) is 9.06. The zero-order valence-corrected chi connectivity index (χ0v) is 15.7. The van der Waals surface area contributed by atoms with Gasteiger partial charge in [0.15, 0.2) is 0 Å². The van der Waals surface area contributed by atoms with Crippen LogP contribution in [0.25, 0.3) is 0 Å². The minimum absolute atomic E-state index is 0.0128. The summed E-state index contributed by atoms with van der Waals surface area (Å²) in [6, 6.07) is 4.08. The molecule has 0 aliphatic rings. The van der Waals surface area contributed by atoms with E-state index in [0.29, 0.717) is 25.0 Å². The first-order valence-electron chi connectivity index (χ1n) is 8.98. The van der Waals surface area contributed by atoms with Crippen LogP contribution in [-0.2, 0) is 9.47 Å². The van der Waals surface area contributed by atoms with E-state index in [1.54, 1.807) is 0 Å². The van der Waals surface area contributed by atoms with E-state index in [-0.39, 0.29) is 16.9 Å². The second-order valence-corrected chi connectivity index (χ2v) is 7.08. The number of hydrogen-bond acceptors (Lipinski definition) is 5. The number of rotatable bonds is 10. The van der Waals surface area contributed by atoms with E-state index in [2.05, 4.69) is 27.7 Å². The maximum Gasteiger partial charge on any atom is 0.341 e. The van der Waals surface area contributed by atoms with Crippen molar-refractivity contribution in [3.05, 3.63) is 29.3 Å². The Hall–Kier alpha value is -2.04. The standard InChI is InChI=1S/C20H30O5/c1-14(2)7-5-11-24-19(22)16-9-10-18(21)17(13-16)20(23)25-12-6-8-15(3)4/h9-10,13-15,21H,5-8,11-12H2,1-4H3. The average Bonchev–Trinajstić information content (AvgIpc) is 2.55. The molecule has 0 aromatic heterocycles. The van der Waals surface area contributed by atoms with E-state index >= 15 is 0 Å². The summed E-state index contributed by atoms with van der Waals surface area (Å²) in [7, 11) is 0. The lowest BCUT2D eigenvalue weighted by atomic mass is 10.1. The van der Waals surface area contributed by atoms with Crippen molar-refractivity contribution in [1.82, 2.24) is 0 Å². The molecule has 1 aromatic rings. The third kappa shape index (κ3) is 8.05. The van der Waals surface area contributed by atoms with Crippen molar-refractivity contribution in [2.45, 2.75) is 53.4 Å². The van der Waals surface area contributed by atoms with Gasteiger partial charge in [-0.3, -0.25) is 0 Å². The van der Waals surface area contributed by atoms with Crippen LogP contribution in [0.1, 0.15) is 74.1 Å². The van der Waals surface area contributed by atoms with Gasteiger partial charge in [0.2, 0.25) is 0 Å². The van der Waals surface area contributed by atoms with Crippen LogP contribution in [0.2, 0.25) is 0 Å². The summed E-state index contributed by atoms with van der Waals surface area (Å²) >= 11 is 0. The lowest BCUT2D eigenvalue weighted by Crippen LogP contribution is -2.11. The first-order chi connectivity index (χ1) is 11.8. The van der Waals surface area contributed by atoms with Gasteiger partial charge in [0.1, 0.15) is 11.3 Å². The Morgan fingerprint density at radius 2 is 1.44 bits per heavy atom. The van der Waals surface area contributed by atoms with Crippen molar-refractivity contribution in [1.29, 1.82) is 0 Å². The van der Waals surface area contributed by atoms with E-state index in [1.807, 2.05) is 0 Å². The van der Waals surface area contributed by atoms with Crippen molar-refractivity contribution in [2.75, 3.05) is 13.2 Å². The van der Waals surface area contributed by atoms with E-state index in [0.717, 1.165) is 25.7 Å². The molecule has 0 radical (unpaired) electrons. The van der Waals surface area contributed by atoms with Crippen molar-refractivity contribution in [3.63, 3.8) is 0 Å². The van der Waals surface area contributed by atoms with Gasteiger partial charge < -0.3 is 14.6 Å². The van der Waals surface area contributed by atoms with Gasteiger partial charge in [0, 0.05) is 0 Å². The summed E-state index contributed by atoms with van der Waals surface area (Å²) in [5, 5.41) is 9.85. The Morgan fingerprint density at radius 3 is 1.96 bits per heavy atom. The summed E-state index contributed by atoms with van der Waals surface area (Å²) in [6.07, 6.45) is 3.51. The van der Waals surface area contributed by atoms with Gasteiger partial charge in [-0.1, -0.05) is 27.7 Å². The molecule has 1 rings (SSSR count). The molecule has 5 heteroatoms. The number of carbonyl (C=O) groups is 2. The molecule has 0 spiro atoms. The highest BCUT2D eigenvalue weighted by molar-refractivity contribution is 5.97. The third-order valence-electron chi connectivity index (χ3n) is 3.77. The van der Waals surface area contributed by atoms with Crippen LogP contribution in [0.3, 0.4) is 0 Å². The molecule has 0 saturated heterocycles. The van der Waals surface area contributed by atoms with Crippen LogP contribution in [-0.4, -0.2) is 30.3 Å². The zero-order valence-electron chi connectivity index (χ0n) is 15.7. The molecule has 0 atom stereocenters. The van der Waals surface area contributed by atoms with Crippen LogP contribution < -0.4 is 0 Å². The fourth-order valence-electron chi connectivity index (χ4n) is 2.30. The molecule has 0 aliphatic heterocycles. The SMILES string of the molecule is CC(C)CCCOC(=O)c1ccc(O)c(C(=O)OCCCC(C)C)c1. The molecule has 0 saturated carbocycles. The second-order valence-electron chi connectivity index (χ2n) is 7.08. The zero-order chi connectivity index (χ0) is 18.8. The van der Waals surface area contributed by atoms with E-state index in [4.69, 9.17) is 9.47 Å². The lowest BCUT2D eigenvalue weighted by Gasteiger charge is -2.10. The molecule has 0 amide bonds. The normalized spacial score (nSPS) is 11.0. The predicted octanol–water partition coefficient (Wildman–Crippen LogP) is 4.58. The topological polar surface area (TPSA) is 72.8 Å². The van der Waals surface area contributed by atoms with Crippen molar-refractivity contribution in [2.24, 2.45) is 11.8 Å². The Kier molecular flexibility index (Phi) is 9.03. The number of hydrogen-bond donors (Lipinski definition) is 1. The number of ether oxygens (including phenoxy) is 2. The van der Waals surface area contributed by atoms with Gasteiger partial charge in [-0.05, 0) is 55.7 Å². The molecular weight excluding hydrogens is 320 g/mol. The van der Waals surface area contributed by atoms with Crippen LogP contribution in [0.15, 0.2) is 18.2 Å². The molecular formula is C20H30O5. The molecule has 140 valence electrons. The van der Waals surface area contributed by atoms with Crippen molar-refractivity contribution in [3.8, 4) is 5.75 Å². The average molecular weight is 350 g/mol. The summed E-state index contributed by atoms with van der Waals surface area (Å²) in [4.78, 5) is 24.1. The van der Waals surface area contributed by atoms with Crippen LogP contribution >= 0.6 is 0 Å². The van der Waals surface area contributed by atoms with E-state index in [1.165, 1.54) is 18.2 Å². The summed E-state index contributed by atoms with van der Waals surface area (Å²) in [5.74, 6) is -0.233. The fraction of sp³-hybridized carbons (Fsp3) is 0.600. The maximum absolute atomic E-state index is 12.1. The number of carbonyl (C=O) groups excluding carboxylic acids is 2. The van der Waals surface area contributed by atoms with Gasteiger partial charge in [0.05, 0.1) is 18.8 Å². The van der Waals surface area contributed by atoms with Crippen LogP contribution in [0, 0.1) is 11.8 Å². The Bertz CT molecular complexity index is 563. The highest BCUT2D eigenvalue weighted by Crippen LogP contribution is 2.20. The van der Waals surface area contributed by atoms with Crippen molar-refractivity contribution < 1.29 is 24.2 Å². The minimum Gasteiger partial charge on any atom is -0.507 e. The second kappa shape index (κ2) is 10.7. The Labute approximate surface area is 150 Å². The molecule has 0 unspecified atom stereocenters. The van der Waals surface area contributed by atoms with Crippen LogP contribution in [0.4, 0.5) is 0 Å². The van der Waals surface area contributed by atoms with E-state index < -0.39 is 11.9 Å². The Balaban J connectivity index is 2.59. The molecule has 1 N–H and O–H groups in total. The largest absolute Gasteiger partial charge is 0.507 e. The van der Waals surface area contributed by atoms with E-state index in [9.17, 15) is 14.7 Å². The highest BCUT2D eigenvalue weighted by atomic mass is 16.5. The lowest BCUT2D eigenvalue weighted by molar-refractivity contribution is 0.0490. The smallest absolute Gasteiger partial charge is 0.341 e. The number of phenolic OH excluding ortho intramolecular Hbond substituents is 1. The first kappa shape index (κ1) is 21.0. The molecule has 0 heterocycles. The summed E-state index contributed by atoms with van der Waals surface area (Å²) in [5.41, 5.74) is 0.220.